The van der Waals surface area contributed by atoms with Gasteiger partial charge < -0.3 is 9.64 Å². The SMILES string of the molecule is COc1cccc(-c2nc(CN3CCN(c4ccccc4Cl)CC3)cs2)c1. The number of ether oxygens (including phenoxy) is 1. The third kappa shape index (κ3) is 4.26. The number of nitrogens with zero attached hydrogens (tertiary/aromatic N) is 3. The van der Waals surface area contributed by atoms with E-state index in [4.69, 9.17) is 21.3 Å². The van der Waals surface area contributed by atoms with Crippen LogP contribution in [0.2, 0.25) is 5.02 Å². The van der Waals surface area contributed by atoms with Crippen LogP contribution in [0.1, 0.15) is 5.69 Å². The van der Waals surface area contributed by atoms with Crippen molar-refractivity contribution in [3.8, 4) is 16.3 Å². The van der Waals surface area contributed by atoms with Gasteiger partial charge in [0.15, 0.2) is 0 Å². The third-order valence-electron chi connectivity index (χ3n) is 4.82. The van der Waals surface area contributed by atoms with Gasteiger partial charge in [0.25, 0.3) is 0 Å². The Morgan fingerprint density at radius 2 is 1.89 bits per heavy atom. The minimum atomic E-state index is 0.827. The highest BCUT2D eigenvalue weighted by Crippen LogP contribution is 2.28. The van der Waals surface area contributed by atoms with E-state index < -0.39 is 0 Å². The van der Waals surface area contributed by atoms with Crippen molar-refractivity contribution >= 4 is 28.6 Å². The van der Waals surface area contributed by atoms with Crippen LogP contribution in [0.3, 0.4) is 0 Å². The van der Waals surface area contributed by atoms with Crippen molar-refractivity contribution < 1.29 is 4.74 Å². The van der Waals surface area contributed by atoms with Crippen LogP contribution in [-0.2, 0) is 6.54 Å². The second kappa shape index (κ2) is 8.30. The smallest absolute Gasteiger partial charge is 0.123 e. The van der Waals surface area contributed by atoms with Gasteiger partial charge in [-0.05, 0) is 24.3 Å². The first kappa shape index (κ1) is 18.3. The maximum Gasteiger partial charge on any atom is 0.123 e. The van der Waals surface area contributed by atoms with E-state index in [9.17, 15) is 0 Å². The quantitative estimate of drug-likeness (QED) is 0.616. The number of benzene rings is 2. The molecule has 4 nitrogen and oxygen atoms in total. The molecule has 3 aromatic rings. The molecule has 0 amide bonds. The van der Waals surface area contributed by atoms with Gasteiger partial charge in [0.2, 0.25) is 0 Å². The molecule has 4 rings (SSSR count). The average Bonchev–Trinajstić information content (AvgIpc) is 3.18. The Morgan fingerprint density at radius 1 is 1.07 bits per heavy atom. The van der Waals surface area contributed by atoms with Crippen molar-refractivity contribution in [2.24, 2.45) is 0 Å². The summed E-state index contributed by atoms with van der Waals surface area (Å²) in [6, 6.07) is 16.1. The molecule has 0 radical (unpaired) electrons. The van der Waals surface area contributed by atoms with Crippen LogP contribution in [0.15, 0.2) is 53.9 Å². The van der Waals surface area contributed by atoms with E-state index in [0.29, 0.717) is 0 Å². The van der Waals surface area contributed by atoms with Crippen LogP contribution >= 0.6 is 22.9 Å². The summed E-state index contributed by atoms with van der Waals surface area (Å²) in [4.78, 5) is 9.65. The van der Waals surface area contributed by atoms with Crippen LogP contribution in [0.5, 0.6) is 5.75 Å². The fourth-order valence-corrected chi connectivity index (χ4v) is 4.42. The molecule has 1 aliphatic heterocycles. The van der Waals surface area contributed by atoms with Crippen molar-refractivity contribution in [1.82, 2.24) is 9.88 Å². The minimum absolute atomic E-state index is 0.827. The molecule has 140 valence electrons. The summed E-state index contributed by atoms with van der Waals surface area (Å²) in [5.41, 5.74) is 3.37. The Hall–Kier alpha value is -2.08. The molecule has 2 heterocycles. The molecule has 0 atom stereocenters. The Labute approximate surface area is 169 Å². The van der Waals surface area contributed by atoms with Gasteiger partial charge in [-0.15, -0.1) is 11.3 Å². The lowest BCUT2D eigenvalue weighted by Crippen LogP contribution is -2.46. The fraction of sp³-hybridized carbons (Fsp3) is 0.286. The normalized spacial score (nSPS) is 15.1. The van der Waals surface area contributed by atoms with Gasteiger partial charge >= 0.3 is 0 Å². The number of piperazine rings is 1. The number of methoxy groups -OCH3 is 1. The van der Waals surface area contributed by atoms with Crippen LogP contribution in [0, 0.1) is 0 Å². The van der Waals surface area contributed by atoms with Crippen LogP contribution in [-0.4, -0.2) is 43.2 Å². The molecule has 0 unspecified atom stereocenters. The Balaban J connectivity index is 1.37. The first-order chi connectivity index (χ1) is 13.2. The second-order valence-electron chi connectivity index (χ2n) is 6.59. The number of aromatic nitrogens is 1. The molecule has 0 saturated carbocycles. The number of para-hydroxylation sites is 1. The molecule has 1 aliphatic rings. The predicted molar refractivity (Wildman–Crippen MR) is 113 cm³/mol. The molecule has 27 heavy (non-hydrogen) atoms. The summed E-state index contributed by atoms with van der Waals surface area (Å²) < 4.78 is 5.31. The maximum absolute atomic E-state index is 6.33. The number of thiazole rings is 1. The van der Waals surface area contributed by atoms with Crippen LogP contribution in [0.4, 0.5) is 5.69 Å². The van der Waals surface area contributed by atoms with E-state index in [1.165, 1.54) is 0 Å². The number of hydrogen-bond acceptors (Lipinski definition) is 5. The lowest BCUT2D eigenvalue weighted by Gasteiger charge is -2.36. The molecule has 0 bridgehead atoms. The highest BCUT2D eigenvalue weighted by atomic mass is 35.5. The maximum atomic E-state index is 6.33. The summed E-state index contributed by atoms with van der Waals surface area (Å²) in [7, 11) is 1.69. The van der Waals surface area contributed by atoms with Gasteiger partial charge in [0.1, 0.15) is 10.8 Å². The largest absolute Gasteiger partial charge is 0.497 e. The molecule has 0 N–H and O–H groups in total. The average molecular weight is 400 g/mol. The number of rotatable bonds is 5. The third-order valence-corrected chi connectivity index (χ3v) is 6.08. The summed E-state index contributed by atoms with van der Waals surface area (Å²) in [6.45, 7) is 4.87. The van der Waals surface area contributed by atoms with E-state index >= 15 is 0 Å². The first-order valence-corrected chi connectivity index (χ1v) is 10.3. The lowest BCUT2D eigenvalue weighted by atomic mass is 10.2. The number of anilines is 1. The van der Waals surface area contributed by atoms with Gasteiger partial charge in [-0.2, -0.15) is 0 Å². The van der Waals surface area contributed by atoms with E-state index in [0.717, 1.165) is 65.4 Å². The van der Waals surface area contributed by atoms with E-state index in [1.807, 2.05) is 36.4 Å². The van der Waals surface area contributed by atoms with E-state index in [1.54, 1.807) is 18.4 Å². The second-order valence-corrected chi connectivity index (χ2v) is 7.86. The van der Waals surface area contributed by atoms with Crippen LogP contribution < -0.4 is 9.64 Å². The molecule has 1 saturated heterocycles. The summed E-state index contributed by atoms with van der Waals surface area (Å²) in [6.07, 6.45) is 0. The van der Waals surface area contributed by atoms with Gasteiger partial charge in [-0.25, -0.2) is 4.98 Å². The van der Waals surface area contributed by atoms with Crippen molar-refractivity contribution in [2.75, 3.05) is 38.2 Å². The highest BCUT2D eigenvalue weighted by molar-refractivity contribution is 7.13. The standard InChI is InChI=1S/C21H22ClN3OS/c1-26-18-6-4-5-16(13-18)21-23-17(15-27-21)14-24-9-11-25(12-10-24)20-8-3-2-7-19(20)22/h2-8,13,15H,9-12,14H2,1H3. The van der Waals surface area contributed by atoms with Crippen molar-refractivity contribution in [3.63, 3.8) is 0 Å². The summed E-state index contributed by atoms with van der Waals surface area (Å²) in [5, 5.41) is 4.03. The highest BCUT2D eigenvalue weighted by Gasteiger charge is 2.19. The van der Waals surface area contributed by atoms with Gasteiger partial charge in [-0.1, -0.05) is 35.9 Å². The van der Waals surface area contributed by atoms with Crippen molar-refractivity contribution in [3.05, 3.63) is 64.6 Å². The van der Waals surface area contributed by atoms with Gasteiger partial charge in [0.05, 0.1) is 23.5 Å². The van der Waals surface area contributed by atoms with Crippen molar-refractivity contribution in [1.29, 1.82) is 0 Å². The molecule has 6 heteroatoms. The Bertz CT molecular complexity index is 906. The van der Waals surface area contributed by atoms with Crippen LogP contribution in [0.25, 0.3) is 10.6 Å². The van der Waals surface area contributed by atoms with E-state index in [2.05, 4.69) is 27.3 Å². The van der Waals surface area contributed by atoms with Gasteiger partial charge in [-0.3, -0.25) is 4.90 Å². The molecule has 2 aromatic carbocycles. The summed E-state index contributed by atoms with van der Waals surface area (Å²) in [5.74, 6) is 0.861. The molecule has 0 spiro atoms. The molecule has 1 fully saturated rings. The zero-order valence-corrected chi connectivity index (χ0v) is 16.8. The molecular formula is C21H22ClN3OS. The summed E-state index contributed by atoms with van der Waals surface area (Å²) >= 11 is 8.02. The zero-order valence-electron chi connectivity index (χ0n) is 15.3. The number of halogens is 1. The molecular weight excluding hydrogens is 378 g/mol. The monoisotopic (exact) mass is 399 g/mol. The topological polar surface area (TPSA) is 28.6 Å². The predicted octanol–water partition coefficient (Wildman–Crippen LogP) is 4.79. The van der Waals surface area contributed by atoms with E-state index in [-0.39, 0.29) is 0 Å². The molecule has 0 aliphatic carbocycles. The first-order valence-electron chi connectivity index (χ1n) is 9.03. The Kier molecular flexibility index (Phi) is 5.62. The van der Waals surface area contributed by atoms with Gasteiger partial charge in [0, 0.05) is 43.7 Å². The minimum Gasteiger partial charge on any atom is -0.497 e. The number of hydrogen-bond donors (Lipinski definition) is 0. The van der Waals surface area contributed by atoms with Crippen molar-refractivity contribution in [2.45, 2.75) is 6.54 Å². The molecule has 1 aromatic heterocycles. The fourth-order valence-electron chi connectivity index (χ4n) is 3.35. The zero-order chi connectivity index (χ0) is 18.6. The lowest BCUT2D eigenvalue weighted by molar-refractivity contribution is 0.247. The Morgan fingerprint density at radius 3 is 2.67 bits per heavy atom.